The number of rotatable bonds is 2. The number of benzene rings is 1. The van der Waals surface area contributed by atoms with Crippen LogP contribution in [0.3, 0.4) is 0 Å². The first kappa shape index (κ1) is 11.9. The minimum Gasteiger partial charge on any atom is -0.285 e. The zero-order chi connectivity index (χ0) is 13.6. The molecule has 2 aromatic heterocycles. The minimum atomic E-state index is -0.221. The Morgan fingerprint density at radius 2 is 1.95 bits per heavy atom. The highest BCUT2D eigenvalue weighted by Crippen LogP contribution is 2.23. The standard InChI is InChI=1S/C13H11ClN4O/c1-17-10-6-4-3-5-8(10)11(16-17)13(19)12-9(14)7-15-18(12)2/h3-7H,1-2H3. The molecule has 0 amide bonds. The van der Waals surface area contributed by atoms with Gasteiger partial charge in [0.1, 0.15) is 11.4 Å². The van der Waals surface area contributed by atoms with Crippen LogP contribution in [0.2, 0.25) is 5.02 Å². The van der Waals surface area contributed by atoms with Crippen LogP contribution in [0.4, 0.5) is 0 Å². The number of fused-ring (bicyclic) bond motifs is 1. The van der Waals surface area contributed by atoms with Crippen LogP contribution < -0.4 is 0 Å². The minimum absolute atomic E-state index is 0.221. The zero-order valence-corrected chi connectivity index (χ0v) is 11.2. The molecule has 0 unspecified atom stereocenters. The molecule has 2 heterocycles. The number of hydrogen-bond donors (Lipinski definition) is 0. The molecule has 0 N–H and O–H groups in total. The van der Waals surface area contributed by atoms with Gasteiger partial charge in [0.2, 0.25) is 5.78 Å². The lowest BCUT2D eigenvalue weighted by Gasteiger charge is -1.99. The molecule has 3 aromatic rings. The van der Waals surface area contributed by atoms with E-state index in [1.165, 1.54) is 10.9 Å². The van der Waals surface area contributed by atoms with Gasteiger partial charge in [0.15, 0.2) is 0 Å². The van der Waals surface area contributed by atoms with Crippen molar-refractivity contribution in [2.75, 3.05) is 0 Å². The molecule has 0 radical (unpaired) electrons. The van der Waals surface area contributed by atoms with Crippen LogP contribution in [0.15, 0.2) is 30.5 Å². The van der Waals surface area contributed by atoms with Crippen LogP contribution in [0.5, 0.6) is 0 Å². The predicted octanol–water partition coefficient (Wildman–Crippen LogP) is 2.19. The van der Waals surface area contributed by atoms with Crippen LogP contribution in [0, 0.1) is 0 Å². The van der Waals surface area contributed by atoms with E-state index in [4.69, 9.17) is 11.6 Å². The largest absolute Gasteiger partial charge is 0.285 e. The Bertz CT molecular complexity index is 768. The predicted molar refractivity (Wildman–Crippen MR) is 72.4 cm³/mol. The summed E-state index contributed by atoms with van der Waals surface area (Å²) in [6.45, 7) is 0. The Labute approximate surface area is 114 Å². The van der Waals surface area contributed by atoms with Crippen molar-refractivity contribution in [2.45, 2.75) is 0 Å². The lowest BCUT2D eigenvalue weighted by atomic mass is 10.1. The Morgan fingerprint density at radius 1 is 1.21 bits per heavy atom. The van der Waals surface area contributed by atoms with Crippen molar-refractivity contribution in [3.63, 3.8) is 0 Å². The second-order valence-electron chi connectivity index (χ2n) is 4.28. The third-order valence-electron chi connectivity index (χ3n) is 3.08. The maximum absolute atomic E-state index is 12.6. The van der Waals surface area contributed by atoms with E-state index >= 15 is 0 Å². The van der Waals surface area contributed by atoms with Crippen molar-refractivity contribution in [2.24, 2.45) is 14.1 Å². The Hall–Kier alpha value is -2.14. The van der Waals surface area contributed by atoms with Gasteiger partial charge in [0.25, 0.3) is 0 Å². The van der Waals surface area contributed by atoms with Gasteiger partial charge in [-0.3, -0.25) is 14.2 Å². The maximum Gasteiger partial charge on any atom is 0.233 e. The van der Waals surface area contributed by atoms with Gasteiger partial charge in [-0.2, -0.15) is 10.2 Å². The fourth-order valence-corrected chi connectivity index (χ4v) is 2.41. The topological polar surface area (TPSA) is 52.7 Å². The average Bonchev–Trinajstić information content (AvgIpc) is 2.91. The molecular weight excluding hydrogens is 264 g/mol. The quantitative estimate of drug-likeness (QED) is 0.673. The van der Waals surface area contributed by atoms with Crippen molar-refractivity contribution >= 4 is 28.3 Å². The highest BCUT2D eigenvalue weighted by Gasteiger charge is 2.22. The Kier molecular flexibility index (Phi) is 2.64. The maximum atomic E-state index is 12.6. The number of nitrogens with zero attached hydrogens (tertiary/aromatic N) is 4. The van der Waals surface area contributed by atoms with Crippen molar-refractivity contribution in [1.29, 1.82) is 0 Å². The van der Waals surface area contributed by atoms with Crippen LogP contribution in [0.25, 0.3) is 10.9 Å². The highest BCUT2D eigenvalue weighted by atomic mass is 35.5. The van der Waals surface area contributed by atoms with Crippen molar-refractivity contribution < 1.29 is 4.79 Å². The average molecular weight is 275 g/mol. The van der Waals surface area contributed by atoms with Crippen LogP contribution in [0.1, 0.15) is 16.2 Å². The van der Waals surface area contributed by atoms with Gasteiger partial charge in [0, 0.05) is 19.5 Å². The normalized spacial score (nSPS) is 11.1. The summed E-state index contributed by atoms with van der Waals surface area (Å²) in [6.07, 6.45) is 1.46. The number of aryl methyl sites for hydroxylation is 2. The second-order valence-corrected chi connectivity index (χ2v) is 4.69. The number of halogens is 1. The summed E-state index contributed by atoms with van der Waals surface area (Å²) >= 11 is 6.01. The third-order valence-corrected chi connectivity index (χ3v) is 3.36. The Morgan fingerprint density at radius 3 is 2.63 bits per heavy atom. The molecule has 0 saturated carbocycles. The van der Waals surface area contributed by atoms with E-state index in [1.807, 2.05) is 31.3 Å². The number of aromatic nitrogens is 4. The number of carbonyl (C=O) groups is 1. The van der Waals surface area contributed by atoms with Crippen LogP contribution >= 0.6 is 11.6 Å². The molecule has 0 atom stereocenters. The molecule has 19 heavy (non-hydrogen) atoms. The molecule has 0 aliphatic heterocycles. The van der Waals surface area contributed by atoms with Gasteiger partial charge in [-0.25, -0.2) is 0 Å². The lowest BCUT2D eigenvalue weighted by molar-refractivity contribution is 0.102. The van der Waals surface area contributed by atoms with E-state index in [0.717, 1.165) is 10.9 Å². The molecule has 0 bridgehead atoms. The molecule has 3 rings (SSSR count). The fraction of sp³-hybridized carbons (Fsp3) is 0.154. The summed E-state index contributed by atoms with van der Waals surface area (Å²) in [7, 11) is 3.49. The smallest absolute Gasteiger partial charge is 0.233 e. The van der Waals surface area contributed by atoms with E-state index in [2.05, 4.69) is 10.2 Å². The molecule has 0 aliphatic carbocycles. The molecular formula is C13H11ClN4O. The van der Waals surface area contributed by atoms with Crippen LogP contribution in [-0.2, 0) is 14.1 Å². The molecule has 96 valence electrons. The number of carbonyl (C=O) groups excluding carboxylic acids is 1. The highest BCUT2D eigenvalue weighted by molar-refractivity contribution is 6.35. The monoisotopic (exact) mass is 274 g/mol. The van der Waals surface area contributed by atoms with Gasteiger partial charge >= 0.3 is 0 Å². The summed E-state index contributed by atoms with van der Waals surface area (Å²) in [5.41, 5.74) is 1.65. The summed E-state index contributed by atoms with van der Waals surface area (Å²) in [5, 5.41) is 9.42. The molecule has 6 heteroatoms. The number of hydrogen-bond acceptors (Lipinski definition) is 3. The van der Waals surface area contributed by atoms with E-state index in [1.54, 1.807) is 11.7 Å². The van der Waals surface area contributed by atoms with E-state index in [-0.39, 0.29) is 5.78 Å². The SMILES string of the molecule is Cn1ncc(Cl)c1C(=O)c1nn(C)c2ccccc12. The molecule has 0 saturated heterocycles. The fourth-order valence-electron chi connectivity index (χ4n) is 2.16. The molecule has 0 aliphatic rings. The molecule has 0 spiro atoms. The lowest BCUT2D eigenvalue weighted by Crippen LogP contribution is -2.10. The second kappa shape index (κ2) is 4.20. The van der Waals surface area contributed by atoms with E-state index in [9.17, 15) is 4.79 Å². The van der Waals surface area contributed by atoms with E-state index < -0.39 is 0 Å². The molecule has 1 aromatic carbocycles. The van der Waals surface area contributed by atoms with Gasteiger partial charge in [-0.05, 0) is 6.07 Å². The summed E-state index contributed by atoms with van der Waals surface area (Å²) in [6, 6.07) is 7.59. The summed E-state index contributed by atoms with van der Waals surface area (Å²) in [5.74, 6) is -0.221. The van der Waals surface area contributed by atoms with Crippen molar-refractivity contribution in [3.05, 3.63) is 46.9 Å². The number of para-hydroxylation sites is 1. The zero-order valence-electron chi connectivity index (χ0n) is 10.5. The third kappa shape index (κ3) is 1.74. The summed E-state index contributed by atoms with van der Waals surface area (Å²) in [4.78, 5) is 12.6. The molecule has 5 nitrogen and oxygen atoms in total. The first-order valence-electron chi connectivity index (χ1n) is 5.73. The number of ketones is 1. The first-order valence-corrected chi connectivity index (χ1v) is 6.11. The summed E-state index contributed by atoms with van der Waals surface area (Å²) < 4.78 is 3.15. The molecule has 0 fully saturated rings. The first-order chi connectivity index (χ1) is 9.09. The van der Waals surface area contributed by atoms with Gasteiger partial charge < -0.3 is 0 Å². The van der Waals surface area contributed by atoms with Crippen molar-refractivity contribution in [3.8, 4) is 0 Å². The van der Waals surface area contributed by atoms with Crippen molar-refractivity contribution in [1.82, 2.24) is 19.6 Å². The van der Waals surface area contributed by atoms with E-state index in [0.29, 0.717) is 16.4 Å². The van der Waals surface area contributed by atoms with Crippen LogP contribution in [-0.4, -0.2) is 25.3 Å². The van der Waals surface area contributed by atoms with Gasteiger partial charge in [0.05, 0.1) is 16.7 Å². The Balaban J connectivity index is 2.23. The van der Waals surface area contributed by atoms with Gasteiger partial charge in [-0.1, -0.05) is 29.8 Å². The van der Waals surface area contributed by atoms with Gasteiger partial charge in [-0.15, -0.1) is 0 Å².